The minimum atomic E-state index is 0.144. The largest absolute Gasteiger partial charge is 0.489 e. The van der Waals surface area contributed by atoms with Gasteiger partial charge < -0.3 is 4.74 Å². The predicted molar refractivity (Wildman–Crippen MR) is 66.1 cm³/mol. The van der Waals surface area contributed by atoms with Crippen LogP contribution in [0.5, 0.6) is 5.75 Å². The summed E-state index contributed by atoms with van der Waals surface area (Å²) in [5, 5.41) is 0. The Morgan fingerprint density at radius 2 is 2.25 bits per heavy atom. The highest BCUT2D eigenvalue weighted by Gasteiger charge is 2.11. The summed E-state index contributed by atoms with van der Waals surface area (Å²) in [6.07, 6.45) is 3.09. The number of Topliss-reactive ketones (excluding diaryl/α,β-unsaturated/α-hetero) is 1. The van der Waals surface area contributed by atoms with E-state index in [0.717, 1.165) is 12.0 Å². The van der Waals surface area contributed by atoms with Crippen LogP contribution in [0.1, 0.15) is 35.7 Å². The molecule has 1 rings (SSSR count). The van der Waals surface area contributed by atoms with Crippen LogP contribution in [-0.2, 0) is 0 Å². The first-order chi connectivity index (χ1) is 7.69. The van der Waals surface area contributed by atoms with Gasteiger partial charge in [-0.3, -0.25) is 4.79 Å². The van der Waals surface area contributed by atoms with Crippen LogP contribution in [0.25, 0.3) is 0 Å². The van der Waals surface area contributed by atoms with E-state index < -0.39 is 0 Å². The van der Waals surface area contributed by atoms with Crippen LogP contribution in [0.2, 0.25) is 0 Å². The second-order valence-corrected chi connectivity index (χ2v) is 3.77. The van der Waals surface area contributed by atoms with E-state index >= 15 is 0 Å². The fourth-order valence-electron chi connectivity index (χ4n) is 1.50. The highest BCUT2D eigenvalue weighted by molar-refractivity contribution is 5.98. The summed E-state index contributed by atoms with van der Waals surface area (Å²) < 4.78 is 5.47. The van der Waals surface area contributed by atoms with E-state index in [9.17, 15) is 4.79 Å². The Kier molecular flexibility index (Phi) is 4.77. The molecule has 0 radical (unpaired) electrons. The lowest BCUT2D eigenvalue weighted by Gasteiger charge is -2.09. The molecule has 0 aliphatic rings. The van der Waals surface area contributed by atoms with Gasteiger partial charge in [0.05, 0.1) is 5.56 Å². The Morgan fingerprint density at radius 3 is 2.88 bits per heavy atom. The Hall–Kier alpha value is -1.57. The molecule has 0 amide bonds. The molecule has 0 fully saturated rings. The van der Waals surface area contributed by atoms with Gasteiger partial charge in [-0.05, 0) is 25.5 Å². The lowest BCUT2D eigenvalue weighted by atomic mass is 10.0. The molecule has 0 aromatic heterocycles. The molecule has 0 saturated carbocycles. The van der Waals surface area contributed by atoms with Crippen molar-refractivity contribution >= 4 is 5.78 Å². The molecular formula is C14H18O2. The second kappa shape index (κ2) is 6.11. The Bertz CT molecular complexity index is 380. The highest BCUT2D eigenvalue weighted by atomic mass is 16.5. The molecule has 0 unspecified atom stereocenters. The third-order valence-electron chi connectivity index (χ3n) is 2.27. The number of benzene rings is 1. The SMILES string of the molecule is C=CCOc1ccc(C)cc1C(=O)CCC. The van der Waals surface area contributed by atoms with E-state index in [1.54, 1.807) is 6.08 Å². The maximum Gasteiger partial charge on any atom is 0.166 e. The van der Waals surface area contributed by atoms with Crippen LogP contribution in [0.3, 0.4) is 0 Å². The van der Waals surface area contributed by atoms with E-state index in [-0.39, 0.29) is 5.78 Å². The van der Waals surface area contributed by atoms with Crippen molar-refractivity contribution in [3.63, 3.8) is 0 Å². The summed E-state index contributed by atoms with van der Waals surface area (Å²) in [5.41, 5.74) is 1.76. The molecule has 0 saturated heterocycles. The minimum absolute atomic E-state index is 0.144. The van der Waals surface area contributed by atoms with Gasteiger partial charge in [-0.1, -0.05) is 31.2 Å². The van der Waals surface area contributed by atoms with Crippen molar-refractivity contribution < 1.29 is 9.53 Å². The minimum Gasteiger partial charge on any atom is -0.489 e. The molecular weight excluding hydrogens is 200 g/mol. The van der Waals surface area contributed by atoms with Gasteiger partial charge in [-0.2, -0.15) is 0 Å². The van der Waals surface area contributed by atoms with Crippen molar-refractivity contribution in [2.24, 2.45) is 0 Å². The number of ketones is 1. The molecule has 1 aromatic rings. The molecule has 0 heterocycles. The number of ether oxygens (including phenoxy) is 1. The monoisotopic (exact) mass is 218 g/mol. The second-order valence-electron chi connectivity index (χ2n) is 3.77. The third-order valence-corrected chi connectivity index (χ3v) is 2.27. The van der Waals surface area contributed by atoms with Gasteiger partial charge in [-0.25, -0.2) is 0 Å². The van der Waals surface area contributed by atoms with Crippen LogP contribution >= 0.6 is 0 Å². The lowest BCUT2D eigenvalue weighted by molar-refractivity contribution is 0.0978. The maximum absolute atomic E-state index is 11.9. The van der Waals surface area contributed by atoms with Gasteiger partial charge in [0.2, 0.25) is 0 Å². The molecule has 0 spiro atoms. The summed E-state index contributed by atoms with van der Waals surface area (Å²) in [6, 6.07) is 5.68. The van der Waals surface area contributed by atoms with Gasteiger partial charge in [0.25, 0.3) is 0 Å². The average Bonchev–Trinajstić information content (AvgIpc) is 2.27. The van der Waals surface area contributed by atoms with Crippen LogP contribution in [0.15, 0.2) is 30.9 Å². The zero-order chi connectivity index (χ0) is 12.0. The van der Waals surface area contributed by atoms with Crippen LogP contribution in [0, 0.1) is 6.92 Å². The Balaban J connectivity index is 2.97. The normalized spacial score (nSPS) is 9.88. The zero-order valence-corrected chi connectivity index (χ0v) is 9.95. The Labute approximate surface area is 96.9 Å². The topological polar surface area (TPSA) is 26.3 Å². The van der Waals surface area contributed by atoms with Crippen LogP contribution in [-0.4, -0.2) is 12.4 Å². The maximum atomic E-state index is 11.9. The molecule has 86 valence electrons. The first kappa shape index (κ1) is 12.5. The van der Waals surface area contributed by atoms with E-state index in [2.05, 4.69) is 6.58 Å². The van der Waals surface area contributed by atoms with E-state index in [4.69, 9.17) is 4.74 Å². The van der Waals surface area contributed by atoms with Crippen LogP contribution in [0.4, 0.5) is 0 Å². The zero-order valence-electron chi connectivity index (χ0n) is 9.95. The molecule has 2 heteroatoms. The standard InChI is InChI=1S/C14H18O2/c1-4-6-13(15)12-10-11(3)7-8-14(12)16-9-5-2/h5,7-8,10H,2,4,6,9H2,1,3H3. The first-order valence-electron chi connectivity index (χ1n) is 5.56. The summed E-state index contributed by atoms with van der Waals surface area (Å²) >= 11 is 0. The first-order valence-corrected chi connectivity index (χ1v) is 5.56. The fourth-order valence-corrected chi connectivity index (χ4v) is 1.50. The van der Waals surface area contributed by atoms with Crippen molar-refractivity contribution in [3.05, 3.63) is 42.0 Å². The number of carbonyl (C=O) groups is 1. The quantitative estimate of drug-likeness (QED) is 0.539. The molecule has 0 atom stereocenters. The molecule has 0 aliphatic heterocycles. The number of aryl methyl sites for hydroxylation is 1. The van der Waals surface area contributed by atoms with Crippen molar-refractivity contribution in [2.75, 3.05) is 6.61 Å². The summed E-state index contributed by atoms with van der Waals surface area (Å²) in [4.78, 5) is 11.9. The van der Waals surface area contributed by atoms with Crippen molar-refractivity contribution in [2.45, 2.75) is 26.7 Å². The molecule has 16 heavy (non-hydrogen) atoms. The predicted octanol–water partition coefficient (Wildman–Crippen LogP) is 3.54. The third kappa shape index (κ3) is 3.23. The van der Waals surface area contributed by atoms with Gasteiger partial charge in [-0.15, -0.1) is 0 Å². The smallest absolute Gasteiger partial charge is 0.166 e. The molecule has 0 bridgehead atoms. The van der Waals surface area contributed by atoms with E-state index in [1.807, 2.05) is 32.0 Å². The van der Waals surface area contributed by atoms with Crippen molar-refractivity contribution in [1.82, 2.24) is 0 Å². The van der Waals surface area contributed by atoms with Crippen molar-refractivity contribution in [1.29, 1.82) is 0 Å². The fraction of sp³-hybridized carbons (Fsp3) is 0.357. The van der Waals surface area contributed by atoms with E-state index in [0.29, 0.717) is 24.3 Å². The number of carbonyl (C=O) groups excluding carboxylic acids is 1. The average molecular weight is 218 g/mol. The molecule has 1 aromatic carbocycles. The molecule has 0 aliphatic carbocycles. The summed E-state index contributed by atoms with van der Waals surface area (Å²) in [6.45, 7) is 7.99. The number of rotatable bonds is 6. The molecule has 2 nitrogen and oxygen atoms in total. The van der Waals surface area contributed by atoms with E-state index in [1.165, 1.54) is 0 Å². The highest BCUT2D eigenvalue weighted by Crippen LogP contribution is 2.22. The van der Waals surface area contributed by atoms with Gasteiger partial charge in [0.1, 0.15) is 12.4 Å². The van der Waals surface area contributed by atoms with Crippen molar-refractivity contribution in [3.8, 4) is 5.75 Å². The van der Waals surface area contributed by atoms with Gasteiger partial charge in [0, 0.05) is 6.42 Å². The number of hydrogen-bond acceptors (Lipinski definition) is 2. The number of hydrogen-bond donors (Lipinski definition) is 0. The van der Waals surface area contributed by atoms with Gasteiger partial charge in [0.15, 0.2) is 5.78 Å². The van der Waals surface area contributed by atoms with Gasteiger partial charge >= 0.3 is 0 Å². The van der Waals surface area contributed by atoms with Crippen LogP contribution < -0.4 is 4.74 Å². The summed E-state index contributed by atoms with van der Waals surface area (Å²) in [7, 11) is 0. The lowest BCUT2D eigenvalue weighted by Crippen LogP contribution is -2.04. The Morgan fingerprint density at radius 1 is 1.50 bits per heavy atom. The summed E-state index contributed by atoms with van der Waals surface area (Å²) in [5.74, 6) is 0.800. The molecule has 0 N–H and O–H groups in total.